The standard InChI is InChI=1S/C11H14O6/c1-4-8(12)15-6-5-7-9(13)16-11(2,3)17-10(7)14/h4,7H,1,5-6H2,2-3H3. The molecule has 0 bridgehead atoms. The molecule has 1 heterocycles. The van der Waals surface area contributed by atoms with Crippen LogP contribution in [0.4, 0.5) is 0 Å². The summed E-state index contributed by atoms with van der Waals surface area (Å²) in [6.45, 7) is 6.09. The van der Waals surface area contributed by atoms with Gasteiger partial charge in [-0.25, -0.2) is 4.79 Å². The Morgan fingerprint density at radius 3 is 2.41 bits per heavy atom. The Balaban J connectivity index is 2.49. The average Bonchev–Trinajstić information content (AvgIpc) is 2.20. The third-order valence-corrected chi connectivity index (χ3v) is 2.08. The molecule has 0 N–H and O–H groups in total. The molecule has 1 aliphatic heterocycles. The van der Waals surface area contributed by atoms with E-state index < -0.39 is 29.6 Å². The number of hydrogen-bond donors (Lipinski definition) is 0. The molecule has 1 fully saturated rings. The van der Waals surface area contributed by atoms with Crippen molar-refractivity contribution in [3.8, 4) is 0 Å². The molecule has 0 radical (unpaired) electrons. The number of rotatable bonds is 4. The summed E-state index contributed by atoms with van der Waals surface area (Å²) in [6.07, 6.45) is 1.04. The molecule has 17 heavy (non-hydrogen) atoms. The molecule has 0 saturated carbocycles. The van der Waals surface area contributed by atoms with Crippen LogP contribution in [-0.4, -0.2) is 30.3 Å². The van der Waals surface area contributed by atoms with E-state index in [1.54, 1.807) is 0 Å². The van der Waals surface area contributed by atoms with Gasteiger partial charge in [0.05, 0.1) is 6.61 Å². The summed E-state index contributed by atoms with van der Waals surface area (Å²) in [7, 11) is 0. The lowest BCUT2D eigenvalue weighted by molar-refractivity contribution is -0.240. The summed E-state index contributed by atoms with van der Waals surface area (Å²) in [4.78, 5) is 33.7. The zero-order chi connectivity index (χ0) is 13.1. The quantitative estimate of drug-likeness (QED) is 0.407. The lowest BCUT2D eigenvalue weighted by atomic mass is 10.1. The van der Waals surface area contributed by atoms with E-state index in [9.17, 15) is 14.4 Å². The summed E-state index contributed by atoms with van der Waals surface area (Å²) >= 11 is 0. The monoisotopic (exact) mass is 242 g/mol. The van der Waals surface area contributed by atoms with Crippen molar-refractivity contribution in [2.75, 3.05) is 6.61 Å². The second-order valence-electron chi connectivity index (χ2n) is 3.95. The van der Waals surface area contributed by atoms with E-state index in [1.807, 2.05) is 0 Å². The fraction of sp³-hybridized carbons (Fsp3) is 0.545. The predicted octanol–water partition coefficient (Wildman–Crippen LogP) is 0.558. The van der Waals surface area contributed by atoms with Crippen LogP contribution >= 0.6 is 0 Å². The molecule has 0 unspecified atom stereocenters. The second kappa shape index (κ2) is 4.99. The van der Waals surface area contributed by atoms with Gasteiger partial charge in [0, 0.05) is 26.3 Å². The van der Waals surface area contributed by atoms with Crippen molar-refractivity contribution in [3.05, 3.63) is 12.7 Å². The largest absolute Gasteiger partial charge is 0.463 e. The Labute approximate surface area is 98.5 Å². The molecule has 1 saturated heterocycles. The number of carbonyl (C=O) groups excluding carboxylic acids is 3. The number of cyclic esters (lactones) is 2. The van der Waals surface area contributed by atoms with Gasteiger partial charge in [0.1, 0.15) is 0 Å². The van der Waals surface area contributed by atoms with Gasteiger partial charge in [-0.1, -0.05) is 6.58 Å². The zero-order valence-corrected chi connectivity index (χ0v) is 9.73. The fourth-order valence-corrected chi connectivity index (χ4v) is 1.32. The van der Waals surface area contributed by atoms with Gasteiger partial charge in [0.2, 0.25) is 0 Å². The fourth-order valence-electron chi connectivity index (χ4n) is 1.32. The minimum absolute atomic E-state index is 0.0350. The smallest absolute Gasteiger partial charge is 0.330 e. The van der Waals surface area contributed by atoms with E-state index in [0.717, 1.165) is 6.08 Å². The third kappa shape index (κ3) is 3.58. The molecular weight excluding hydrogens is 228 g/mol. The van der Waals surface area contributed by atoms with Gasteiger partial charge in [-0.15, -0.1) is 0 Å². The van der Waals surface area contributed by atoms with Crippen LogP contribution in [0.5, 0.6) is 0 Å². The first-order valence-corrected chi connectivity index (χ1v) is 5.10. The van der Waals surface area contributed by atoms with Crippen LogP contribution in [0.3, 0.4) is 0 Å². The molecule has 0 amide bonds. The SMILES string of the molecule is C=CC(=O)OCCC1C(=O)OC(C)(C)OC1=O. The maximum atomic E-state index is 11.5. The lowest BCUT2D eigenvalue weighted by Crippen LogP contribution is -2.46. The van der Waals surface area contributed by atoms with Crippen LogP contribution in [0.2, 0.25) is 0 Å². The maximum absolute atomic E-state index is 11.5. The number of carbonyl (C=O) groups is 3. The topological polar surface area (TPSA) is 78.9 Å². The maximum Gasteiger partial charge on any atom is 0.330 e. The van der Waals surface area contributed by atoms with Crippen LogP contribution in [-0.2, 0) is 28.6 Å². The lowest BCUT2D eigenvalue weighted by Gasteiger charge is -2.32. The molecule has 1 aliphatic rings. The average molecular weight is 242 g/mol. The summed E-state index contributed by atoms with van der Waals surface area (Å²) in [5.74, 6) is -4.21. The molecule has 6 heteroatoms. The highest BCUT2D eigenvalue weighted by molar-refractivity contribution is 5.96. The van der Waals surface area contributed by atoms with E-state index in [-0.39, 0.29) is 13.0 Å². The molecule has 1 rings (SSSR count). The number of esters is 3. The van der Waals surface area contributed by atoms with Crippen molar-refractivity contribution >= 4 is 17.9 Å². The third-order valence-electron chi connectivity index (χ3n) is 2.08. The van der Waals surface area contributed by atoms with Crippen molar-refractivity contribution in [1.82, 2.24) is 0 Å². The molecule has 0 aromatic rings. The predicted molar refractivity (Wildman–Crippen MR) is 55.5 cm³/mol. The van der Waals surface area contributed by atoms with Gasteiger partial charge in [-0.2, -0.15) is 0 Å². The molecule has 94 valence electrons. The number of hydrogen-bond acceptors (Lipinski definition) is 6. The van der Waals surface area contributed by atoms with E-state index in [1.165, 1.54) is 13.8 Å². The summed E-state index contributed by atoms with van der Waals surface area (Å²) in [5.41, 5.74) is 0. The van der Waals surface area contributed by atoms with Crippen molar-refractivity contribution < 1.29 is 28.6 Å². The van der Waals surface area contributed by atoms with E-state index >= 15 is 0 Å². The molecule has 0 aliphatic carbocycles. The second-order valence-corrected chi connectivity index (χ2v) is 3.95. The van der Waals surface area contributed by atoms with Crippen LogP contribution < -0.4 is 0 Å². The van der Waals surface area contributed by atoms with Gasteiger partial charge in [-0.3, -0.25) is 9.59 Å². The highest BCUT2D eigenvalue weighted by atomic mass is 16.7. The van der Waals surface area contributed by atoms with Crippen LogP contribution in [0, 0.1) is 5.92 Å². The highest BCUT2D eigenvalue weighted by Crippen LogP contribution is 2.24. The minimum atomic E-state index is -1.23. The Bertz CT molecular complexity index is 337. The highest BCUT2D eigenvalue weighted by Gasteiger charge is 2.42. The van der Waals surface area contributed by atoms with Crippen molar-refractivity contribution in [2.45, 2.75) is 26.1 Å². The summed E-state index contributed by atoms with van der Waals surface area (Å²) in [6, 6.07) is 0. The first-order chi connectivity index (χ1) is 7.85. The van der Waals surface area contributed by atoms with E-state index in [4.69, 9.17) is 9.47 Å². The van der Waals surface area contributed by atoms with E-state index in [2.05, 4.69) is 11.3 Å². The van der Waals surface area contributed by atoms with Crippen molar-refractivity contribution in [3.63, 3.8) is 0 Å². The van der Waals surface area contributed by atoms with Crippen molar-refractivity contribution in [1.29, 1.82) is 0 Å². The molecule has 0 spiro atoms. The zero-order valence-electron chi connectivity index (χ0n) is 9.73. The molecule has 0 aromatic heterocycles. The van der Waals surface area contributed by atoms with Crippen LogP contribution in [0.25, 0.3) is 0 Å². The van der Waals surface area contributed by atoms with Gasteiger partial charge in [0.15, 0.2) is 5.92 Å². The van der Waals surface area contributed by atoms with Crippen LogP contribution in [0.1, 0.15) is 20.3 Å². The van der Waals surface area contributed by atoms with E-state index in [0.29, 0.717) is 0 Å². The molecule has 0 atom stereocenters. The van der Waals surface area contributed by atoms with Crippen LogP contribution in [0.15, 0.2) is 12.7 Å². The molecule has 0 aromatic carbocycles. The Kier molecular flexibility index (Phi) is 3.88. The Morgan fingerprint density at radius 2 is 1.94 bits per heavy atom. The first kappa shape index (κ1) is 13.2. The van der Waals surface area contributed by atoms with Gasteiger partial charge >= 0.3 is 17.9 Å². The van der Waals surface area contributed by atoms with Gasteiger partial charge in [-0.05, 0) is 0 Å². The van der Waals surface area contributed by atoms with Gasteiger partial charge < -0.3 is 14.2 Å². The Morgan fingerprint density at radius 1 is 1.41 bits per heavy atom. The van der Waals surface area contributed by atoms with Gasteiger partial charge in [0.25, 0.3) is 5.79 Å². The Hall–Kier alpha value is -1.85. The summed E-state index contributed by atoms with van der Waals surface area (Å²) < 4.78 is 14.5. The number of ether oxygens (including phenoxy) is 3. The first-order valence-electron chi connectivity index (χ1n) is 5.10. The normalized spacial score (nSPS) is 19.2. The molecule has 6 nitrogen and oxygen atoms in total. The summed E-state index contributed by atoms with van der Waals surface area (Å²) in [5, 5.41) is 0. The molecular formula is C11H14O6. The minimum Gasteiger partial charge on any atom is -0.463 e. The van der Waals surface area contributed by atoms with Crippen molar-refractivity contribution in [2.24, 2.45) is 5.92 Å².